The molecular formula is C6H11BF3KOS. The van der Waals surface area contributed by atoms with Crippen molar-refractivity contribution in [2.75, 3.05) is 25.2 Å². The molecule has 0 aliphatic heterocycles. The summed E-state index contributed by atoms with van der Waals surface area (Å²) in [5.41, 5.74) is -0.629. The Hall–Kier alpha value is 1.54. The Morgan fingerprint density at radius 3 is 2.38 bits per heavy atom. The van der Waals surface area contributed by atoms with E-state index in [0.29, 0.717) is 12.4 Å². The molecule has 0 atom stereocenters. The van der Waals surface area contributed by atoms with Gasteiger partial charge in [-0.25, -0.2) is 0 Å². The maximum atomic E-state index is 11.9. The van der Waals surface area contributed by atoms with Gasteiger partial charge in [0.05, 0.1) is 6.61 Å². The Balaban J connectivity index is 0. The van der Waals surface area contributed by atoms with Crippen LogP contribution in [0.25, 0.3) is 0 Å². The first-order valence-corrected chi connectivity index (χ1v) is 4.58. The molecule has 0 saturated heterocycles. The monoisotopic (exact) mass is 238 g/mol. The first-order chi connectivity index (χ1) is 5.48. The second-order valence-corrected chi connectivity index (χ2v) is 3.38. The Labute approximate surface area is 123 Å². The molecule has 0 aromatic heterocycles. The molecule has 1 nitrogen and oxygen atoms in total. The summed E-state index contributed by atoms with van der Waals surface area (Å²) in [5, 5.41) is 0. The van der Waals surface area contributed by atoms with Crippen LogP contribution < -0.4 is 51.4 Å². The molecule has 72 valence electrons. The van der Waals surface area contributed by atoms with Crippen LogP contribution in [0, 0.1) is 0 Å². The number of halogens is 3. The van der Waals surface area contributed by atoms with E-state index in [2.05, 4.69) is 11.3 Å². The Morgan fingerprint density at radius 2 is 2.00 bits per heavy atom. The summed E-state index contributed by atoms with van der Waals surface area (Å²) < 4.78 is 40.3. The molecule has 0 heterocycles. The van der Waals surface area contributed by atoms with E-state index in [-0.39, 0.29) is 57.1 Å². The van der Waals surface area contributed by atoms with Crippen molar-refractivity contribution >= 4 is 18.7 Å². The fourth-order valence-electron chi connectivity index (χ4n) is 0.440. The molecule has 0 aromatic rings. The largest absolute Gasteiger partial charge is 1.00 e. The summed E-state index contributed by atoms with van der Waals surface area (Å²) in [6.07, 6.45) is 0. The summed E-state index contributed by atoms with van der Waals surface area (Å²) in [5.74, 6) is 0.522. The topological polar surface area (TPSA) is 9.23 Å². The van der Waals surface area contributed by atoms with Crippen LogP contribution in [-0.2, 0) is 4.74 Å². The predicted molar refractivity (Wildman–Crippen MR) is 47.4 cm³/mol. The smallest absolute Gasteiger partial charge is 0.445 e. The third kappa shape index (κ3) is 9.84. The molecule has 0 aliphatic carbocycles. The minimum absolute atomic E-state index is 0. The van der Waals surface area contributed by atoms with Crippen molar-refractivity contribution in [3.63, 3.8) is 0 Å². The fourth-order valence-corrected chi connectivity index (χ4v) is 1.32. The minimum atomic E-state index is -4.85. The zero-order valence-corrected chi connectivity index (χ0v) is 11.8. The summed E-state index contributed by atoms with van der Waals surface area (Å²) >= 11 is 1.18. The van der Waals surface area contributed by atoms with E-state index in [1.54, 1.807) is 0 Å². The number of thioether (sulfide) groups is 1. The third-order valence-corrected chi connectivity index (χ3v) is 2.21. The molecule has 0 bridgehead atoms. The van der Waals surface area contributed by atoms with Gasteiger partial charge in [-0.05, 0) is 5.75 Å². The molecule has 7 heteroatoms. The van der Waals surface area contributed by atoms with Crippen molar-refractivity contribution in [3.05, 3.63) is 12.1 Å². The number of methoxy groups -OCH3 is 1. The molecule has 0 amide bonds. The molecule has 0 radical (unpaired) electrons. The van der Waals surface area contributed by atoms with E-state index < -0.39 is 12.4 Å². The number of hydrogen-bond donors (Lipinski definition) is 0. The molecule has 0 unspecified atom stereocenters. The molecule has 0 aliphatic rings. The van der Waals surface area contributed by atoms with E-state index >= 15 is 0 Å². The number of ether oxygens (including phenoxy) is 1. The van der Waals surface area contributed by atoms with Gasteiger partial charge in [0.2, 0.25) is 0 Å². The van der Waals surface area contributed by atoms with Gasteiger partial charge in [-0.15, -0.1) is 12.1 Å². The van der Waals surface area contributed by atoms with Gasteiger partial charge < -0.3 is 17.7 Å². The maximum absolute atomic E-state index is 11.9. The summed E-state index contributed by atoms with van der Waals surface area (Å²) in [6, 6.07) is 0. The van der Waals surface area contributed by atoms with Gasteiger partial charge in [0.25, 0.3) is 0 Å². The molecule has 0 saturated carbocycles. The SMILES string of the molecule is C=C(CSCCOC)[B-](F)(F)F.[K+]. The molecule has 0 N–H and O–H groups in total. The van der Waals surface area contributed by atoms with Crippen LogP contribution in [0.15, 0.2) is 12.1 Å². The van der Waals surface area contributed by atoms with Crippen molar-refractivity contribution in [3.8, 4) is 0 Å². The zero-order valence-electron chi connectivity index (χ0n) is 7.86. The van der Waals surface area contributed by atoms with E-state index in [1.807, 2.05) is 0 Å². The fraction of sp³-hybridized carbons (Fsp3) is 0.667. The van der Waals surface area contributed by atoms with Gasteiger partial charge in [0, 0.05) is 12.9 Å². The molecule has 0 fully saturated rings. The first kappa shape index (κ1) is 17.0. The van der Waals surface area contributed by atoms with Gasteiger partial charge in [0.1, 0.15) is 0 Å². The van der Waals surface area contributed by atoms with Gasteiger partial charge in [-0.3, -0.25) is 0 Å². The van der Waals surface area contributed by atoms with Crippen molar-refractivity contribution in [2.24, 2.45) is 0 Å². The van der Waals surface area contributed by atoms with Crippen LogP contribution in [-0.4, -0.2) is 32.2 Å². The Bertz CT molecular complexity index is 153. The molecule has 13 heavy (non-hydrogen) atoms. The van der Waals surface area contributed by atoms with E-state index in [0.717, 1.165) is 0 Å². The first-order valence-electron chi connectivity index (χ1n) is 3.42. The van der Waals surface area contributed by atoms with E-state index in [9.17, 15) is 12.9 Å². The van der Waals surface area contributed by atoms with E-state index in [1.165, 1.54) is 18.9 Å². The summed E-state index contributed by atoms with van der Waals surface area (Å²) in [6.45, 7) is -1.41. The van der Waals surface area contributed by atoms with Crippen LogP contribution in [0.1, 0.15) is 0 Å². The second kappa shape index (κ2) is 8.82. The van der Waals surface area contributed by atoms with Crippen molar-refractivity contribution in [2.45, 2.75) is 0 Å². The van der Waals surface area contributed by atoms with Gasteiger partial charge >= 0.3 is 58.4 Å². The Kier molecular flexibility index (Phi) is 11.5. The normalized spacial score (nSPS) is 10.8. The quantitative estimate of drug-likeness (QED) is 0.447. The molecule has 0 rings (SSSR count). The van der Waals surface area contributed by atoms with Crippen molar-refractivity contribution in [1.29, 1.82) is 0 Å². The zero-order chi connectivity index (χ0) is 9.61. The Morgan fingerprint density at radius 1 is 1.46 bits per heavy atom. The van der Waals surface area contributed by atoms with Gasteiger partial charge in [0.15, 0.2) is 0 Å². The van der Waals surface area contributed by atoms with Crippen molar-refractivity contribution < 1.29 is 69.1 Å². The van der Waals surface area contributed by atoms with Crippen molar-refractivity contribution in [1.82, 2.24) is 0 Å². The number of rotatable bonds is 6. The summed E-state index contributed by atoms with van der Waals surface area (Å²) in [7, 11) is 1.52. The van der Waals surface area contributed by atoms with Crippen LogP contribution >= 0.6 is 11.8 Å². The number of hydrogen-bond acceptors (Lipinski definition) is 2. The average Bonchev–Trinajstić information content (AvgIpc) is 1.96. The molecular weight excluding hydrogens is 227 g/mol. The van der Waals surface area contributed by atoms with Gasteiger partial charge in [-0.1, -0.05) is 0 Å². The van der Waals surface area contributed by atoms with Crippen LogP contribution in [0.3, 0.4) is 0 Å². The minimum Gasteiger partial charge on any atom is -0.445 e. The maximum Gasteiger partial charge on any atom is 1.00 e. The van der Waals surface area contributed by atoms with E-state index in [4.69, 9.17) is 0 Å². The second-order valence-electron chi connectivity index (χ2n) is 2.28. The van der Waals surface area contributed by atoms with Crippen LogP contribution in [0.2, 0.25) is 0 Å². The van der Waals surface area contributed by atoms with Crippen LogP contribution in [0.4, 0.5) is 12.9 Å². The standard InChI is InChI=1S/C6H11BF3OS.K/c1-6(7(8,9)10)5-12-4-3-11-2;/h1,3-5H2,2H3;/q-1;+1. The average molecular weight is 238 g/mol. The summed E-state index contributed by atoms with van der Waals surface area (Å²) in [4.78, 5) is 0. The third-order valence-electron chi connectivity index (χ3n) is 1.18. The molecule has 0 spiro atoms. The molecule has 0 aromatic carbocycles. The van der Waals surface area contributed by atoms with Gasteiger partial charge in [-0.2, -0.15) is 11.8 Å². The van der Waals surface area contributed by atoms with Crippen LogP contribution in [0.5, 0.6) is 0 Å². The predicted octanol–water partition coefficient (Wildman–Crippen LogP) is -0.687.